The normalized spacial score (nSPS) is 20.3. The molecule has 1 heterocycles. The van der Waals surface area contributed by atoms with Crippen molar-refractivity contribution in [2.75, 3.05) is 13.7 Å². The molecule has 2 rings (SSSR count). The van der Waals surface area contributed by atoms with Gasteiger partial charge in [0.15, 0.2) is 5.96 Å². The van der Waals surface area contributed by atoms with Gasteiger partial charge in [0, 0.05) is 16.6 Å². The lowest BCUT2D eigenvalue weighted by Gasteiger charge is -2.13. The summed E-state index contributed by atoms with van der Waals surface area (Å²) in [5, 5.41) is 5.82. The maximum absolute atomic E-state index is 12.0. The number of hydrogen-bond acceptors (Lipinski definition) is 3. The summed E-state index contributed by atoms with van der Waals surface area (Å²) in [7, 11) is 1.59. The van der Waals surface area contributed by atoms with Gasteiger partial charge < -0.3 is 10.1 Å². The summed E-state index contributed by atoms with van der Waals surface area (Å²) in [5.41, 5.74) is 0.788. The van der Waals surface area contributed by atoms with E-state index in [1.54, 1.807) is 7.11 Å². The third kappa shape index (κ3) is 3.07. The average Bonchev–Trinajstić information content (AvgIpc) is 2.77. The number of rotatable bonds is 4. The SMILES string of the molecule is CCCN=C1NC(=O)C(c2cc(Br)ccc2OC)N1. The van der Waals surface area contributed by atoms with Crippen LogP contribution in [0.5, 0.6) is 5.75 Å². The molecule has 1 aliphatic rings. The van der Waals surface area contributed by atoms with Gasteiger partial charge in [0.1, 0.15) is 11.8 Å². The predicted molar refractivity (Wildman–Crippen MR) is 77.3 cm³/mol. The van der Waals surface area contributed by atoms with Crippen LogP contribution in [0.3, 0.4) is 0 Å². The lowest BCUT2D eigenvalue weighted by atomic mass is 10.1. The summed E-state index contributed by atoms with van der Waals surface area (Å²) in [6.07, 6.45) is 0.936. The number of hydrogen-bond donors (Lipinski definition) is 2. The first kappa shape index (κ1) is 13.9. The minimum Gasteiger partial charge on any atom is -0.496 e. The van der Waals surface area contributed by atoms with Gasteiger partial charge in [0.2, 0.25) is 0 Å². The third-order valence-corrected chi connectivity index (χ3v) is 3.27. The second-order valence-corrected chi connectivity index (χ2v) is 5.10. The summed E-state index contributed by atoms with van der Waals surface area (Å²) >= 11 is 3.40. The minimum atomic E-state index is -0.469. The first-order chi connectivity index (χ1) is 9.15. The number of amides is 1. The number of aliphatic imine (C=N–C) groups is 1. The fourth-order valence-electron chi connectivity index (χ4n) is 1.89. The Labute approximate surface area is 120 Å². The van der Waals surface area contributed by atoms with E-state index < -0.39 is 6.04 Å². The van der Waals surface area contributed by atoms with Crippen LogP contribution < -0.4 is 15.4 Å². The number of guanidine groups is 1. The molecular formula is C13H16BrN3O2. The Morgan fingerprint density at radius 2 is 2.26 bits per heavy atom. The Morgan fingerprint density at radius 3 is 2.95 bits per heavy atom. The van der Waals surface area contributed by atoms with Gasteiger partial charge in [-0.2, -0.15) is 0 Å². The van der Waals surface area contributed by atoms with Crippen molar-refractivity contribution in [3.63, 3.8) is 0 Å². The van der Waals surface area contributed by atoms with Gasteiger partial charge in [-0.1, -0.05) is 22.9 Å². The largest absolute Gasteiger partial charge is 0.496 e. The number of nitrogens with one attached hydrogen (secondary N) is 2. The van der Waals surface area contributed by atoms with Crippen molar-refractivity contribution in [2.24, 2.45) is 4.99 Å². The van der Waals surface area contributed by atoms with E-state index in [1.807, 2.05) is 25.1 Å². The van der Waals surface area contributed by atoms with Crippen LogP contribution in [0, 0.1) is 0 Å². The number of ether oxygens (including phenoxy) is 1. The van der Waals surface area contributed by atoms with Crippen LogP contribution in [0.25, 0.3) is 0 Å². The summed E-state index contributed by atoms with van der Waals surface area (Å²) in [6, 6.07) is 5.11. The minimum absolute atomic E-state index is 0.119. The Kier molecular flexibility index (Phi) is 4.42. The molecule has 0 aliphatic carbocycles. The van der Waals surface area contributed by atoms with Gasteiger partial charge in [-0.15, -0.1) is 0 Å². The second kappa shape index (κ2) is 6.06. The van der Waals surface area contributed by atoms with Gasteiger partial charge >= 0.3 is 0 Å². The molecule has 0 bridgehead atoms. The van der Waals surface area contributed by atoms with Crippen molar-refractivity contribution in [3.8, 4) is 5.75 Å². The van der Waals surface area contributed by atoms with Gasteiger partial charge in [0.25, 0.3) is 5.91 Å². The number of nitrogens with zero attached hydrogens (tertiary/aromatic N) is 1. The van der Waals surface area contributed by atoms with Crippen molar-refractivity contribution in [2.45, 2.75) is 19.4 Å². The highest BCUT2D eigenvalue weighted by Crippen LogP contribution is 2.29. The Hall–Kier alpha value is -1.56. The molecule has 0 spiro atoms. The van der Waals surface area contributed by atoms with Crippen molar-refractivity contribution >= 4 is 27.8 Å². The number of halogens is 1. The molecule has 6 heteroatoms. The van der Waals surface area contributed by atoms with Crippen LogP contribution in [0.1, 0.15) is 24.9 Å². The molecule has 0 radical (unpaired) electrons. The highest BCUT2D eigenvalue weighted by molar-refractivity contribution is 9.10. The van der Waals surface area contributed by atoms with Crippen LogP contribution >= 0.6 is 15.9 Å². The topological polar surface area (TPSA) is 62.7 Å². The summed E-state index contributed by atoms with van der Waals surface area (Å²) in [6.45, 7) is 2.72. The van der Waals surface area contributed by atoms with Crippen LogP contribution in [-0.4, -0.2) is 25.5 Å². The fraction of sp³-hybridized carbons (Fsp3) is 0.385. The van der Waals surface area contributed by atoms with Gasteiger partial charge in [-0.05, 0) is 24.6 Å². The summed E-state index contributed by atoms with van der Waals surface area (Å²) < 4.78 is 6.20. The standard InChI is InChI=1S/C13H16BrN3O2/c1-3-6-15-13-16-11(12(18)17-13)9-7-8(14)4-5-10(9)19-2/h4-5,7,11H,3,6H2,1-2H3,(H2,15,16,17,18). The number of benzene rings is 1. The molecule has 0 aromatic heterocycles. The van der Waals surface area contributed by atoms with E-state index in [0.717, 1.165) is 16.5 Å². The maximum Gasteiger partial charge on any atom is 0.254 e. The maximum atomic E-state index is 12.0. The molecule has 1 aromatic carbocycles. The van der Waals surface area contributed by atoms with Crippen molar-refractivity contribution in [3.05, 3.63) is 28.2 Å². The van der Waals surface area contributed by atoms with Crippen molar-refractivity contribution in [1.82, 2.24) is 10.6 Å². The van der Waals surface area contributed by atoms with Gasteiger partial charge in [0.05, 0.1) is 7.11 Å². The Bertz CT molecular complexity index is 517. The first-order valence-electron chi connectivity index (χ1n) is 6.11. The number of carbonyl (C=O) groups is 1. The quantitative estimate of drug-likeness (QED) is 0.889. The van der Waals surface area contributed by atoms with E-state index in [2.05, 4.69) is 31.6 Å². The molecular weight excluding hydrogens is 310 g/mol. The number of carbonyl (C=O) groups excluding carboxylic acids is 1. The van der Waals surface area contributed by atoms with E-state index in [4.69, 9.17) is 4.74 Å². The van der Waals surface area contributed by atoms with E-state index in [-0.39, 0.29) is 5.91 Å². The van der Waals surface area contributed by atoms with Gasteiger partial charge in [-0.3, -0.25) is 15.1 Å². The molecule has 1 aromatic rings. The molecule has 19 heavy (non-hydrogen) atoms. The van der Waals surface area contributed by atoms with Crippen molar-refractivity contribution in [1.29, 1.82) is 0 Å². The zero-order valence-corrected chi connectivity index (χ0v) is 12.5. The molecule has 1 amide bonds. The highest BCUT2D eigenvalue weighted by atomic mass is 79.9. The monoisotopic (exact) mass is 325 g/mol. The number of methoxy groups -OCH3 is 1. The van der Waals surface area contributed by atoms with E-state index in [1.165, 1.54) is 0 Å². The van der Waals surface area contributed by atoms with Gasteiger partial charge in [-0.25, -0.2) is 0 Å². The molecule has 5 nitrogen and oxygen atoms in total. The molecule has 1 atom stereocenters. The third-order valence-electron chi connectivity index (χ3n) is 2.78. The molecule has 1 unspecified atom stereocenters. The Morgan fingerprint density at radius 1 is 1.47 bits per heavy atom. The van der Waals surface area contributed by atoms with E-state index >= 15 is 0 Å². The van der Waals surface area contributed by atoms with Crippen molar-refractivity contribution < 1.29 is 9.53 Å². The van der Waals surface area contributed by atoms with E-state index in [9.17, 15) is 4.79 Å². The van der Waals surface area contributed by atoms with Crippen LogP contribution in [0.2, 0.25) is 0 Å². The summed E-state index contributed by atoms with van der Waals surface area (Å²) in [4.78, 5) is 16.3. The molecule has 1 saturated heterocycles. The molecule has 0 saturated carbocycles. The first-order valence-corrected chi connectivity index (χ1v) is 6.90. The lowest BCUT2D eigenvalue weighted by molar-refractivity contribution is -0.120. The Balaban J connectivity index is 2.27. The predicted octanol–water partition coefficient (Wildman–Crippen LogP) is 1.98. The van der Waals surface area contributed by atoms with Crippen LogP contribution in [0.4, 0.5) is 0 Å². The molecule has 2 N–H and O–H groups in total. The fourth-order valence-corrected chi connectivity index (χ4v) is 2.26. The average molecular weight is 326 g/mol. The molecule has 1 aliphatic heterocycles. The van der Waals surface area contributed by atoms with Crippen LogP contribution in [0.15, 0.2) is 27.7 Å². The smallest absolute Gasteiger partial charge is 0.254 e. The van der Waals surface area contributed by atoms with E-state index in [0.29, 0.717) is 18.3 Å². The molecule has 1 fully saturated rings. The second-order valence-electron chi connectivity index (χ2n) is 4.18. The van der Waals surface area contributed by atoms with Crippen LogP contribution in [-0.2, 0) is 4.79 Å². The molecule has 102 valence electrons. The zero-order valence-electron chi connectivity index (χ0n) is 10.9. The lowest BCUT2D eigenvalue weighted by Crippen LogP contribution is -2.25. The summed E-state index contributed by atoms with van der Waals surface area (Å²) in [5.74, 6) is 1.08. The highest BCUT2D eigenvalue weighted by Gasteiger charge is 2.31. The zero-order chi connectivity index (χ0) is 13.8.